The van der Waals surface area contributed by atoms with E-state index < -0.39 is 6.17 Å². The third kappa shape index (κ3) is 7.29. The molecule has 3 heteroatoms. The molecule has 0 N–H and O–H groups in total. The molecular formula is C26H35FN2. The summed E-state index contributed by atoms with van der Waals surface area (Å²) in [7, 11) is 2.23. The Morgan fingerprint density at radius 2 is 1.72 bits per heavy atom. The number of alkyl halides is 1. The van der Waals surface area contributed by atoms with Crippen molar-refractivity contribution >= 4 is 0 Å². The Bertz CT molecular complexity index is 736. The number of nitrogens with zero attached hydrogens (tertiary/aromatic N) is 2. The molecule has 3 unspecified atom stereocenters. The third-order valence-electron chi connectivity index (χ3n) is 5.98. The number of rotatable bonds is 8. The number of aryl methyl sites for hydroxylation is 1. The molecule has 0 saturated heterocycles. The predicted octanol–water partition coefficient (Wildman–Crippen LogP) is 6.67. The Kier molecular flexibility index (Phi) is 9.88. The number of nitriles is 1. The molecule has 0 spiro atoms. The van der Waals surface area contributed by atoms with Gasteiger partial charge >= 0.3 is 0 Å². The second-order valence-electron chi connectivity index (χ2n) is 8.02. The van der Waals surface area contributed by atoms with Crippen LogP contribution in [0, 0.1) is 11.3 Å². The third-order valence-corrected chi connectivity index (χ3v) is 5.98. The lowest BCUT2D eigenvalue weighted by atomic mass is 9.94. The molecule has 3 atom stereocenters. The first-order valence-electron chi connectivity index (χ1n) is 10.9. The van der Waals surface area contributed by atoms with Crippen LogP contribution in [0.4, 0.5) is 4.39 Å². The van der Waals surface area contributed by atoms with Crippen LogP contribution in [-0.2, 0) is 13.0 Å². The average Bonchev–Trinajstić information content (AvgIpc) is 3.16. The van der Waals surface area contributed by atoms with E-state index in [4.69, 9.17) is 5.26 Å². The van der Waals surface area contributed by atoms with Gasteiger partial charge in [0.2, 0.25) is 0 Å². The smallest absolute Gasteiger partial charge is 0.107 e. The summed E-state index contributed by atoms with van der Waals surface area (Å²) < 4.78 is 13.9. The lowest BCUT2D eigenvalue weighted by Crippen LogP contribution is -2.31. The minimum absolute atomic E-state index is 0.129. The van der Waals surface area contributed by atoms with E-state index in [0.29, 0.717) is 6.04 Å². The van der Waals surface area contributed by atoms with Crippen LogP contribution in [0.2, 0.25) is 0 Å². The molecular weight excluding hydrogens is 359 g/mol. The highest BCUT2D eigenvalue weighted by Crippen LogP contribution is 2.36. The van der Waals surface area contributed by atoms with E-state index in [-0.39, 0.29) is 5.92 Å². The van der Waals surface area contributed by atoms with Gasteiger partial charge in [-0.05, 0) is 62.3 Å². The van der Waals surface area contributed by atoms with Crippen molar-refractivity contribution < 1.29 is 4.39 Å². The normalized spacial score (nSPS) is 19.3. The second-order valence-corrected chi connectivity index (χ2v) is 8.02. The summed E-state index contributed by atoms with van der Waals surface area (Å²) in [5, 5.41) is 7.32. The summed E-state index contributed by atoms with van der Waals surface area (Å²) in [5.74, 6) is 0.129. The van der Waals surface area contributed by atoms with Crippen molar-refractivity contribution in [2.45, 2.75) is 77.0 Å². The lowest BCUT2D eigenvalue weighted by Gasteiger charge is -2.27. The quantitative estimate of drug-likeness (QED) is 0.500. The first-order valence-corrected chi connectivity index (χ1v) is 10.9. The second kappa shape index (κ2) is 12.4. The van der Waals surface area contributed by atoms with E-state index in [1.807, 2.05) is 0 Å². The van der Waals surface area contributed by atoms with Gasteiger partial charge in [0.25, 0.3) is 0 Å². The van der Waals surface area contributed by atoms with Crippen LogP contribution in [0.1, 0.15) is 68.6 Å². The number of hydrogen-bond donors (Lipinski definition) is 0. The molecule has 2 aromatic rings. The maximum atomic E-state index is 13.9. The maximum Gasteiger partial charge on any atom is 0.107 e. The van der Waals surface area contributed by atoms with Gasteiger partial charge in [-0.1, -0.05) is 61.5 Å². The Morgan fingerprint density at radius 1 is 1.07 bits per heavy atom. The molecule has 1 saturated carbocycles. The molecule has 2 nitrogen and oxygen atoms in total. The fourth-order valence-electron chi connectivity index (χ4n) is 4.29. The molecule has 29 heavy (non-hydrogen) atoms. The van der Waals surface area contributed by atoms with Crippen LogP contribution in [-0.4, -0.2) is 24.2 Å². The first-order chi connectivity index (χ1) is 14.1. The Labute approximate surface area is 176 Å². The highest BCUT2D eigenvalue weighted by atomic mass is 19.1. The number of hydrogen-bond acceptors (Lipinski definition) is 2. The standard InChI is InChI=1S/C24H32FN.C2H3N/c1-3-22(26(2)18-20-8-5-4-6-9-20)17-14-19-12-15-21(16-13-19)23-10-7-11-24(23)25;1-2-3/h4-6,8-9,12-13,15-16,22-24H,3,7,10-11,14,17-18H2,1-2H3;1H3. The van der Waals surface area contributed by atoms with Crippen molar-refractivity contribution in [3.63, 3.8) is 0 Å². The van der Waals surface area contributed by atoms with Gasteiger partial charge in [-0.25, -0.2) is 4.39 Å². The largest absolute Gasteiger partial charge is 0.299 e. The summed E-state index contributed by atoms with van der Waals surface area (Å²) in [5.41, 5.74) is 3.93. The fraction of sp³-hybridized carbons (Fsp3) is 0.500. The Morgan fingerprint density at radius 3 is 2.28 bits per heavy atom. The van der Waals surface area contributed by atoms with Crippen LogP contribution in [0.15, 0.2) is 54.6 Å². The van der Waals surface area contributed by atoms with E-state index in [2.05, 4.69) is 73.5 Å². The molecule has 0 amide bonds. The molecule has 1 aliphatic carbocycles. The van der Waals surface area contributed by atoms with Gasteiger partial charge in [0.1, 0.15) is 6.17 Å². The number of halogens is 1. The Balaban J connectivity index is 0.000000941. The van der Waals surface area contributed by atoms with Gasteiger partial charge in [0, 0.05) is 25.4 Å². The summed E-state index contributed by atoms with van der Waals surface area (Å²) >= 11 is 0. The average molecular weight is 395 g/mol. The zero-order valence-electron chi connectivity index (χ0n) is 18.2. The summed E-state index contributed by atoms with van der Waals surface area (Å²) in [6.45, 7) is 4.70. The van der Waals surface area contributed by atoms with Gasteiger partial charge in [-0.15, -0.1) is 0 Å². The topological polar surface area (TPSA) is 27.0 Å². The predicted molar refractivity (Wildman–Crippen MR) is 120 cm³/mol. The molecule has 3 rings (SSSR count). The van der Waals surface area contributed by atoms with Crippen molar-refractivity contribution in [2.75, 3.05) is 7.05 Å². The summed E-state index contributed by atoms with van der Waals surface area (Å²) in [6, 6.07) is 21.8. The molecule has 0 aromatic heterocycles. The zero-order chi connectivity index (χ0) is 21.1. The molecule has 0 aliphatic heterocycles. The zero-order valence-corrected chi connectivity index (χ0v) is 18.2. The van der Waals surface area contributed by atoms with Gasteiger partial charge in [-0.3, -0.25) is 4.90 Å². The monoisotopic (exact) mass is 394 g/mol. The first kappa shape index (κ1) is 23.1. The van der Waals surface area contributed by atoms with Crippen molar-refractivity contribution in [1.82, 2.24) is 4.90 Å². The fourth-order valence-corrected chi connectivity index (χ4v) is 4.29. The van der Waals surface area contributed by atoms with Crippen molar-refractivity contribution in [1.29, 1.82) is 5.26 Å². The van der Waals surface area contributed by atoms with E-state index in [1.54, 1.807) is 6.07 Å². The van der Waals surface area contributed by atoms with E-state index in [0.717, 1.165) is 45.1 Å². The van der Waals surface area contributed by atoms with Crippen LogP contribution in [0.25, 0.3) is 0 Å². The minimum atomic E-state index is -0.642. The van der Waals surface area contributed by atoms with Crippen molar-refractivity contribution in [2.24, 2.45) is 0 Å². The van der Waals surface area contributed by atoms with Crippen molar-refractivity contribution in [3.05, 3.63) is 71.3 Å². The van der Waals surface area contributed by atoms with Crippen molar-refractivity contribution in [3.8, 4) is 6.07 Å². The molecule has 0 bridgehead atoms. The summed E-state index contributed by atoms with van der Waals surface area (Å²) in [4.78, 5) is 2.47. The van der Waals surface area contributed by atoms with Crippen LogP contribution in [0.5, 0.6) is 0 Å². The highest BCUT2D eigenvalue weighted by molar-refractivity contribution is 5.27. The molecule has 2 aromatic carbocycles. The molecule has 0 radical (unpaired) electrons. The van der Waals surface area contributed by atoms with Crippen LogP contribution >= 0.6 is 0 Å². The van der Waals surface area contributed by atoms with Gasteiger partial charge in [-0.2, -0.15) is 5.26 Å². The SMILES string of the molecule is CC#N.CCC(CCc1ccc(C2CCCC2F)cc1)N(C)Cc1ccccc1. The molecule has 1 aliphatic rings. The maximum absolute atomic E-state index is 13.9. The molecule has 1 fully saturated rings. The van der Waals surface area contributed by atoms with E-state index in [9.17, 15) is 4.39 Å². The lowest BCUT2D eigenvalue weighted by molar-refractivity contribution is 0.216. The van der Waals surface area contributed by atoms with E-state index in [1.165, 1.54) is 23.6 Å². The summed E-state index contributed by atoms with van der Waals surface area (Å²) in [6.07, 6.45) is 5.53. The minimum Gasteiger partial charge on any atom is -0.299 e. The molecule has 0 heterocycles. The van der Waals surface area contributed by atoms with E-state index >= 15 is 0 Å². The van der Waals surface area contributed by atoms with Gasteiger partial charge in [0.05, 0.1) is 6.07 Å². The Hall–Kier alpha value is -2.18. The van der Waals surface area contributed by atoms with Crippen LogP contribution < -0.4 is 0 Å². The van der Waals surface area contributed by atoms with Gasteiger partial charge in [0.15, 0.2) is 0 Å². The highest BCUT2D eigenvalue weighted by Gasteiger charge is 2.28. The van der Waals surface area contributed by atoms with Crippen LogP contribution in [0.3, 0.4) is 0 Å². The molecule has 156 valence electrons. The van der Waals surface area contributed by atoms with Gasteiger partial charge < -0.3 is 0 Å². The number of benzene rings is 2.